The molecule has 0 aliphatic heterocycles. The fraction of sp³-hybridized carbons (Fsp3) is 0.138. The molecule has 0 unspecified atom stereocenters. The summed E-state index contributed by atoms with van der Waals surface area (Å²) in [5.74, 6) is -0.140. The van der Waals surface area contributed by atoms with Crippen molar-refractivity contribution in [3.63, 3.8) is 0 Å². The number of hydrogen-bond acceptors (Lipinski definition) is 5. The molecule has 1 fully saturated rings. The number of nitrogens with zero attached hydrogens (tertiary/aromatic N) is 4. The zero-order valence-corrected chi connectivity index (χ0v) is 20.2. The van der Waals surface area contributed by atoms with E-state index in [9.17, 15) is 9.18 Å². The average molecular weight is 504 g/mol. The molecule has 8 nitrogen and oxygen atoms in total. The molecular weight excluding hydrogens is 481 g/mol. The second-order valence-electron chi connectivity index (χ2n) is 9.55. The molecule has 38 heavy (non-hydrogen) atoms. The van der Waals surface area contributed by atoms with Gasteiger partial charge in [0, 0.05) is 29.3 Å². The number of pyridine rings is 3. The molecule has 3 N–H and O–H groups in total. The number of H-pyrrole nitrogens is 2. The standard InChI is InChI=1S/C29H22FN7O/c30-19-6-4-16(5-7-19)21-10-11-32-28-22(21)13-25(35-28)27-26-24(36-37-27)9-8-23(34-26)18-12-20(15-31-14-18)33-29(38)17-2-1-3-17/h4-15,17H,1-3H2,(H,32,35)(H,33,38)(H,36,37). The molecule has 6 aromatic rings. The number of rotatable bonds is 5. The average Bonchev–Trinajstić information content (AvgIpc) is 3.52. The number of aromatic nitrogens is 6. The van der Waals surface area contributed by atoms with Gasteiger partial charge in [0.1, 0.15) is 22.7 Å². The lowest BCUT2D eigenvalue weighted by molar-refractivity contribution is -0.122. The number of nitrogens with one attached hydrogen (secondary N) is 3. The molecule has 1 aliphatic rings. The van der Waals surface area contributed by atoms with Crippen LogP contribution in [0.4, 0.5) is 10.1 Å². The highest BCUT2D eigenvalue weighted by Crippen LogP contribution is 2.34. The van der Waals surface area contributed by atoms with Gasteiger partial charge in [-0.2, -0.15) is 5.10 Å². The Morgan fingerprint density at radius 2 is 1.87 bits per heavy atom. The Labute approximate surface area is 216 Å². The number of hydrogen-bond donors (Lipinski definition) is 3. The summed E-state index contributed by atoms with van der Waals surface area (Å²) < 4.78 is 13.5. The molecule has 9 heteroatoms. The first-order valence-electron chi connectivity index (χ1n) is 12.5. The lowest BCUT2D eigenvalue weighted by Crippen LogP contribution is -2.28. The number of carbonyl (C=O) groups is 1. The Hall–Kier alpha value is -4.92. The van der Waals surface area contributed by atoms with Crippen LogP contribution in [0, 0.1) is 11.7 Å². The zero-order valence-electron chi connectivity index (χ0n) is 20.2. The maximum atomic E-state index is 13.5. The van der Waals surface area contributed by atoms with Crippen LogP contribution in [-0.4, -0.2) is 36.0 Å². The Morgan fingerprint density at radius 3 is 2.68 bits per heavy atom. The quantitative estimate of drug-likeness (QED) is 0.263. The van der Waals surface area contributed by atoms with E-state index in [1.54, 1.807) is 30.7 Å². The van der Waals surface area contributed by atoms with Gasteiger partial charge in [-0.3, -0.25) is 14.9 Å². The number of carbonyl (C=O) groups excluding carboxylic acids is 1. The first-order chi connectivity index (χ1) is 18.6. The molecule has 1 saturated carbocycles. The molecule has 0 saturated heterocycles. The van der Waals surface area contributed by atoms with Crippen LogP contribution in [0.2, 0.25) is 0 Å². The largest absolute Gasteiger partial charge is 0.338 e. The van der Waals surface area contributed by atoms with Gasteiger partial charge in [-0.05, 0) is 66.4 Å². The summed E-state index contributed by atoms with van der Waals surface area (Å²) in [5.41, 5.74) is 7.61. The highest BCUT2D eigenvalue weighted by Gasteiger charge is 2.25. The van der Waals surface area contributed by atoms with Crippen LogP contribution in [0.5, 0.6) is 0 Å². The predicted molar refractivity (Wildman–Crippen MR) is 144 cm³/mol. The molecule has 0 spiro atoms. The molecular formula is C29H22FN7O. The maximum Gasteiger partial charge on any atom is 0.227 e. The van der Waals surface area contributed by atoms with E-state index in [-0.39, 0.29) is 17.6 Å². The minimum Gasteiger partial charge on any atom is -0.338 e. The van der Waals surface area contributed by atoms with Gasteiger partial charge in [-0.25, -0.2) is 14.4 Å². The molecule has 1 aromatic carbocycles. The van der Waals surface area contributed by atoms with E-state index in [0.29, 0.717) is 28.2 Å². The topological polar surface area (TPSA) is 112 Å². The third-order valence-corrected chi connectivity index (χ3v) is 7.13. The van der Waals surface area contributed by atoms with Crippen molar-refractivity contribution in [1.29, 1.82) is 0 Å². The van der Waals surface area contributed by atoms with E-state index in [2.05, 4.69) is 30.5 Å². The van der Waals surface area contributed by atoms with Crippen molar-refractivity contribution in [3.05, 3.63) is 79.0 Å². The maximum absolute atomic E-state index is 13.5. The Bertz CT molecular complexity index is 1820. The lowest BCUT2D eigenvalue weighted by atomic mass is 9.85. The first-order valence-corrected chi connectivity index (χ1v) is 12.5. The normalized spacial score (nSPS) is 13.6. The van der Waals surface area contributed by atoms with E-state index in [1.807, 2.05) is 30.3 Å². The van der Waals surface area contributed by atoms with Crippen molar-refractivity contribution < 1.29 is 9.18 Å². The van der Waals surface area contributed by atoms with Gasteiger partial charge in [-0.15, -0.1) is 0 Å². The van der Waals surface area contributed by atoms with E-state index in [4.69, 9.17) is 4.98 Å². The Morgan fingerprint density at radius 1 is 1.00 bits per heavy atom. The fourth-order valence-electron chi connectivity index (χ4n) is 4.85. The smallest absolute Gasteiger partial charge is 0.227 e. The monoisotopic (exact) mass is 503 g/mol. The Balaban J connectivity index is 1.26. The zero-order chi connectivity index (χ0) is 25.6. The summed E-state index contributed by atoms with van der Waals surface area (Å²) in [6.45, 7) is 0. The third kappa shape index (κ3) is 3.88. The van der Waals surface area contributed by atoms with Crippen molar-refractivity contribution in [2.24, 2.45) is 5.92 Å². The second kappa shape index (κ2) is 8.88. The summed E-state index contributed by atoms with van der Waals surface area (Å²) in [6.07, 6.45) is 8.09. The highest BCUT2D eigenvalue weighted by atomic mass is 19.1. The van der Waals surface area contributed by atoms with E-state index < -0.39 is 0 Å². The fourth-order valence-corrected chi connectivity index (χ4v) is 4.85. The van der Waals surface area contributed by atoms with Crippen molar-refractivity contribution >= 4 is 33.7 Å². The van der Waals surface area contributed by atoms with E-state index in [0.717, 1.165) is 52.5 Å². The van der Waals surface area contributed by atoms with Crippen molar-refractivity contribution in [2.45, 2.75) is 19.3 Å². The summed E-state index contributed by atoms with van der Waals surface area (Å²) in [7, 11) is 0. The minimum absolute atomic E-state index is 0.0446. The van der Waals surface area contributed by atoms with Crippen LogP contribution in [0.3, 0.4) is 0 Å². The van der Waals surface area contributed by atoms with Gasteiger partial charge < -0.3 is 10.3 Å². The number of halogens is 1. The number of benzene rings is 1. The van der Waals surface area contributed by atoms with Crippen LogP contribution in [0.15, 0.2) is 73.2 Å². The van der Waals surface area contributed by atoms with Crippen molar-refractivity contribution in [3.8, 4) is 33.8 Å². The number of amides is 1. The molecule has 0 radical (unpaired) electrons. The van der Waals surface area contributed by atoms with Crippen LogP contribution < -0.4 is 5.32 Å². The third-order valence-electron chi connectivity index (χ3n) is 7.13. The summed E-state index contributed by atoms with van der Waals surface area (Å²) >= 11 is 0. The molecule has 1 amide bonds. The first kappa shape index (κ1) is 22.3. The number of anilines is 1. The van der Waals surface area contributed by atoms with Gasteiger partial charge >= 0.3 is 0 Å². The summed E-state index contributed by atoms with van der Waals surface area (Å²) in [6, 6.07) is 16.0. The van der Waals surface area contributed by atoms with E-state index >= 15 is 0 Å². The predicted octanol–water partition coefficient (Wildman–Crippen LogP) is 6.11. The summed E-state index contributed by atoms with van der Waals surface area (Å²) in [5, 5.41) is 11.5. The van der Waals surface area contributed by atoms with Crippen molar-refractivity contribution in [1.82, 2.24) is 30.1 Å². The Kier molecular flexibility index (Phi) is 5.21. The molecule has 5 heterocycles. The molecule has 0 bridgehead atoms. The van der Waals surface area contributed by atoms with Gasteiger partial charge in [0.2, 0.25) is 5.91 Å². The van der Waals surface area contributed by atoms with Crippen LogP contribution in [0.25, 0.3) is 55.8 Å². The van der Waals surface area contributed by atoms with Gasteiger partial charge in [0.15, 0.2) is 0 Å². The minimum atomic E-state index is -0.278. The summed E-state index contributed by atoms with van der Waals surface area (Å²) in [4.78, 5) is 29.5. The molecule has 7 rings (SSSR count). The molecule has 1 aliphatic carbocycles. The molecule has 0 atom stereocenters. The van der Waals surface area contributed by atoms with Gasteiger partial charge in [-0.1, -0.05) is 18.6 Å². The number of aromatic amines is 2. The lowest BCUT2D eigenvalue weighted by Gasteiger charge is -2.24. The molecule has 5 aromatic heterocycles. The van der Waals surface area contributed by atoms with Crippen LogP contribution in [0.1, 0.15) is 19.3 Å². The molecule has 186 valence electrons. The van der Waals surface area contributed by atoms with E-state index in [1.165, 1.54) is 12.1 Å². The van der Waals surface area contributed by atoms with Gasteiger partial charge in [0.05, 0.1) is 28.8 Å². The van der Waals surface area contributed by atoms with Crippen LogP contribution in [-0.2, 0) is 4.79 Å². The number of fused-ring (bicyclic) bond motifs is 2. The highest BCUT2D eigenvalue weighted by molar-refractivity contribution is 5.99. The van der Waals surface area contributed by atoms with Crippen molar-refractivity contribution in [2.75, 3.05) is 5.32 Å². The van der Waals surface area contributed by atoms with Crippen LogP contribution >= 0.6 is 0 Å². The van der Waals surface area contributed by atoms with Gasteiger partial charge in [0.25, 0.3) is 0 Å². The SMILES string of the molecule is O=C(Nc1cncc(-c2ccc3[nH]nc(-c4cc5c(-c6ccc(F)cc6)ccnc5[nH]4)c3n2)c1)C1CCC1. The second-order valence-corrected chi connectivity index (χ2v) is 9.55.